The number of hydrogen-bond acceptors (Lipinski definition) is 2. The summed E-state index contributed by atoms with van der Waals surface area (Å²) in [7, 11) is 0. The van der Waals surface area contributed by atoms with Crippen molar-refractivity contribution in [2.45, 2.75) is 26.2 Å². The number of nitrogens with one attached hydrogen (secondary N) is 1. The molecule has 0 atom stereocenters. The van der Waals surface area contributed by atoms with Gasteiger partial charge in [-0.15, -0.1) is 0 Å². The van der Waals surface area contributed by atoms with Crippen molar-refractivity contribution in [3.8, 4) is 33.4 Å². The maximum Gasteiger partial charge on any atom is 0.136 e. The summed E-state index contributed by atoms with van der Waals surface area (Å²) in [5.41, 5.74) is 12.3. The molecule has 0 fully saturated rings. The smallest absolute Gasteiger partial charge is 0.136 e. The lowest BCUT2D eigenvalue weighted by molar-refractivity contribution is 0.590. The van der Waals surface area contributed by atoms with E-state index >= 15 is 0 Å². The molecule has 42 heavy (non-hydrogen) atoms. The van der Waals surface area contributed by atoms with E-state index in [-0.39, 0.29) is 5.41 Å². The summed E-state index contributed by atoms with van der Waals surface area (Å²) in [6.45, 7) is 6.77. The van der Waals surface area contributed by atoms with Gasteiger partial charge in [-0.05, 0) is 57.5 Å². The van der Waals surface area contributed by atoms with E-state index in [1.54, 1.807) is 0 Å². The number of anilines is 2. The van der Waals surface area contributed by atoms with Crippen LogP contribution in [0.1, 0.15) is 26.3 Å². The summed E-state index contributed by atoms with van der Waals surface area (Å²) in [4.78, 5) is 0. The first kappa shape index (κ1) is 25.9. The lowest BCUT2D eigenvalue weighted by atomic mass is 9.85. The van der Waals surface area contributed by atoms with E-state index in [9.17, 15) is 0 Å². The van der Waals surface area contributed by atoms with E-state index in [1.165, 1.54) is 16.7 Å². The molecule has 2 heteroatoms. The van der Waals surface area contributed by atoms with Gasteiger partial charge in [0.15, 0.2) is 0 Å². The summed E-state index contributed by atoms with van der Waals surface area (Å²) in [6.07, 6.45) is 0. The molecular weight excluding hydrogens is 510 g/mol. The number of rotatable bonds is 5. The average Bonchev–Trinajstić information content (AvgIpc) is 3.40. The number of para-hydroxylation sites is 1. The molecule has 0 aliphatic carbocycles. The average molecular weight is 544 g/mol. The maximum atomic E-state index is 6.45. The van der Waals surface area contributed by atoms with Crippen molar-refractivity contribution in [3.63, 3.8) is 0 Å². The minimum atomic E-state index is 0.106. The predicted octanol–water partition coefficient (Wildman–Crippen LogP) is 11.6. The van der Waals surface area contributed by atoms with Crippen LogP contribution in [0.15, 0.2) is 144 Å². The van der Waals surface area contributed by atoms with Crippen LogP contribution < -0.4 is 5.32 Å². The summed E-state index contributed by atoms with van der Waals surface area (Å²) < 4.78 is 6.45. The van der Waals surface area contributed by atoms with Gasteiger partial charge in [0.2, 0.25) is 0 Å². The van der Waals surface area contributed by atoms with Crippen molar-refractivity contribution >= 4 is 33.3 Å². The molecule has 6 aromatic carbocycles. The zero-order chi connectivity index (χ0) is 28.7. The fourth-order valence-electron chi connectivity index (χ4n) is 5.81. The Hall–Kier alpha value is -5.08. The SMILES string of the molecule is CC(C)(C)c1cccc(-c2ccc(Nc3c(-c4ccccc4)cc4oc5ccccc5c4c3-c3ccccc3)cc2)c1. The van der Waals surface area contributed by atoms with Gasteiger partial charge >= 0.3 is 0 Å². The lowest BCUT2D eigenvalue weighted by Gasteiger charge is -2.20. The van der Waals surface area contributed by atoms with Gasteiger partial charge in [0.25, 0.3) is 0 Å². The van der Waals surface area contributed by atoms with E-state index < -0.39 is 0 Å². The molecule has 0 saturated carbocycles. The molecule has 0 amide bonds. The number of fused-ring (bicyclic) bond motifs is 3. The Morgan fingerprint density at radius 3 is 1.88 bits per heavy atom. The molecule has 1 aromatic heterocycles. The van der Waals surface area contributed by atoms with Crippen LogP contribution in [0.4, 0.5) is 11.4 Å². The van der Waals surface area contributed by atoms with Crippen LogP contribution in [0, 0.1) is 0 Å². The van der Waals surface area contributed by atoms with Gasteiger partial charge in [-0.3, -0.25) is 0 Å². The first-order valence-corrected chi connectivity index (χ1v) is 14.5. The second-order valence-corrected chi connectivity index (χ2v) is 11.9. The molecule has 2 nitrogen and oxygen atoms in total. The van der Waals surface area contributed by atoms with Crippen molar-refractivity contribution in [1.82, 2.24) is 0 Å². The number of furan rings is 1. The molecule has 0 saturated heterocycles. The third kappa shape index (κ3) is 4.76. The van der Waals surface area contributed by atoms with Crippen LogP contribution >= 0.6 is 0 Å². The molecular formula is C40H33NO. The number of benzene rings is 6. The summed E-state index contributed by atoms with van der Waals surface area (Å²) >= 11 is 0. The maximum absolute atomic E-state index is 6.45. The van der Waals surface area contributed by atoms with Gasteiger partial charge in [-0.1, -0.05) is 136 Å². The highest BCUT2D eigenvalue weighted by Crippen LogP contribution is 2.47. The molecule has 0 aliphatic rings. The van der Waals surface area contributed by atoms with E-state index in [1.807, 2.05) is 12.1 Å². The predicted molar refractivity (Wildman–Crippen MR) is 178 cm³/mol. The van der Waals surface area contributed by atoms with Crippen LogP contribution in [-0.2, 0) is 5.41 Å². The second kappa shape index (κ2) is 10.4. The molecule has 1 heterocycles. The van der Waals surface area contributed by atoms with Crippen LogP contribution in [-0.4, -0.2) is 0 Å². The largest absolute Gasteiger partial charge is 0.456 e. The van der Waals surface area contributed by atoms with Crippen LogP contribution in [0.25, 0.3) is 55.3 Å². The molecule has 0 radical (unpaired) electrons. The molecule has 0 bridgehead atoms. The highest BCUT2D eigenvalue weighted by Gasteiger charge is 2.21. The van der Waals surface area contributed by atoms with Crippen molar-refractivity contribution < 1.29 is 4.42 Å². The molecule has 0 unspecified atom stereocenters. The van der Waals surface area contributed by atoms with Crippen LogP contribution in [0.2, 0.25) is 0 Å². The van der Waals surface area contributed by atoms with Crippen molar-refractivity contribution in [1.29, 1.82) is 0 Å². The van der Waals surface area contributed by atoms with E-state index in [4.69, 9.17) is 4.42 Å². The second-order valence-electron chi connectivity index (χ2n) is 11.9. The quantitative estimate of drug-likeness (QED) is 0.234. The van der Waals surface area contributed by atoms with Crippen LogP contribution in [0.5, 0.6) is 0 Å². The van der Waals surface area contributed by atoms with Crippen molar-refractivity contribution in [2.24, 2.45) is 0 Å². The summed E-state index contributed by atoms with van der Waals surface area (Å²) in [5, 5.41) is 6.09. The molecule has 204 valence electrons. The molecule has 7 rings (SSSR count). The molecule has 0 spiro atoms. The molecule has 0 aliphatic heterocycles. The van der Waals surface area contributed by atoms with Crippen molar-refractivity contribution in [3.05, 3.63) is 145 Å². The standard InChI is InChI=1S/C40H33NO/c1-40(2,3)31-18-12-17-30(25-31)27-21-23-32(24-22-27)41-39-34(28-13-6-4-7-14-28)26-36-38(33-19-10-11-20-35(33)42-36)37(39)29-15-8-5-9-16-29/h4-26,41H,1-3H3. The zero-order valence-corrected chi connectivity index (χ0v) is 24.2. The monoisotopic (exact) mass is 543 g/mol. The van der Waals surface area contributed by atoms with Gasteiger partial charge in [0, 0.05) is 27.6 Å². The third-order valence-corrected chi connectivity index (χ3v) is 8.03. The Kier molecular flexibility index (Phi) is 6.40. The van der Waals surface area contributed by atoms with E-state index in [2.05, 4.69) is 153 Å². The normalized spacial score (nSPS) is 11.7. The fraction of sp³-hybridized carbons (Fsp3) is 0.100. The Morgan fingerprint density at radius 2 is 1.17 bits per heavy atom. The van der Waals surface area contributed by atoms with Gasteiger partial charge in [-0.25, -0.2) is 0 Å². The van der Waals surface area contributed by atoms with Gasteiger partial charge in [-0.2, -0.15) is 0 Å². The van der Waals surface area contributed by atoms with Crippen molar-refractivity contribution in [2.75, 3.05) is 5.32 Å². The van der Waals surface area contributed by atoms with E-state index in [0.717, 1.165) is 55.6 Å². The van der Waals surface area contributed by atoms with Gasteiger partial charge in [0.05, 0.1) is 5.69 Å². The molecule has 7 aromatic rings. The number of hydrogen-bond donors (Lipinski definition) is 1. The fourth-order valence-corrected chi connectivity index (χ4v) is 5.81. The Balaban J connectivity index is 1.41. The highest BCUT2D eigenvalue weighted by atomic mass is 16.3. The van der Waals surface area contributed by atoms with Gasteiger partial charge < -0.3 is 9.73 Å². The third-order valence-electron chi connectivity index (χ3n) is 8.03. The first-order chi connectivity index (χ1) is 20.5. The Labute approximate surface area is 247 Å². The Morgan fingerprint density at radius 1 is 0.524 bits per heavy atom. The summed E-state index contributed by atoms with van der Waals surface area (Å²) in [5.74, 6) is 0. The topological polar surface area (TPSA) is 25.2 Å². The Bertz CT molecular complexity index is 2010. The summed E-state index contributed by atoms with van der Waals surface area (Å²) in [6, 6.07) is 49.3. The van der Waals surface area contributed by atoms with E-state index in [0.29, 0.717) is 0 Å². The highest BCUT2D eigenvalue weighted by molar-refractivity contribution is 6.18. The molecule has 1 N–H and O–H groups in total. The minimum absolute atomic E-state index is 0.106. The minimum Gasteiger partial charge on any atom is -0.456 e. The lowest BCUT2D eigenvalue weighted by Crippen LogP contribution is -2.10. The van der Waals surface area contributed by atoms with Crippen LogP contribution in [0.3, 0.4) is 0 Å². The zero-order valence-electron chi connectivity index (χ0n) is 24.2. The first-order valence-electron chi connectivity index (χ1n) is 14.5. The van der Waals surface area contributed by atoms with Gasteiger partial charge in [0.1, 0.15) is 11.2 Å².